The quantitative estimate of drug-likeness (QED) is 0.826. The molecule has 1 atom stereocenters. The van der Waals surface area contributed by atoms with Crippen LogP contribution in [-0.2, 0) is 9.59 Å². The summed E-state index contributed by atoms with van der Waals surface area (Å²) in [6.07, 6.45) is 5.92. The number of aliphatic carboxylic acids is 1. The highest BCUT2D eigenvalue weighted by Gasteiger charge is 2.27. The van der Waals surface area contributed by atoms with E-state index >= 15 is 0 Å². The Hall–Kier alpha value is -2.04. The van der Waals surface area contributed by atoms with Crippen molar-refractivity contribution in [3.8, 4) is 0 Å². The van der Waals surface area contributed by atoms with Crippen molar-refractivity contribution in [1.82, 2.24) is 4.90 Å². The molecule has 0 aliphatic carbocycles. The number of carbonyl (C=O) groups is 2. The Morgan fingerprint density at radius 1 is 1.50 bits per heavy atom. The number of carboxylic acid groups (broad SMARTS) is 1. The van der Waals surface area contributed by atoms with Crippen molar-refractivity contribution in [3.05, 3.63) is 30.2 Å². The number of carbonyl (C=O) groups excluding carboxylic acids is 1. The van der Waals surface area contributed by atoms with E-state index in [1.807, 2.05) is 0 Å². The summed E-state index contributed by atoms with van der Waals surface area (Å²) in [5, 5.41) is 8.95. The summed E-state index contributed by atoms with van der Waals surface area (Å²) < 4.78 is 5.08. The minimum Gasteiger partial charge on any atom is -0.481 e. The van der Waals surface area contributed by atoms with E-state index in [2.05, 4.69) is 0 Å². The van der Waals surface area contributed by atoms with Crippen LogP contribution in [0.4, 0.5) is 0 Å². The van der Waals surface area contributed by atoms with E-state index in [0.717, 1.165) is 6.42 Å². The molecule has 1 N–H and O–H groups in total. The maximum absolute atomic E-state index is 11.9. The van der Waals surface area contributed by atoms with Gasteiger partial charge in [0.2, 0.25) is 5.91 Å². The van der Waals surface area contributed by atoms with Crippen molar-refractivity contribution in [2.24, 2.45) is 5.92 Å². The van der Waals surface area contributed by atoms with Gasteiger partial charge in [-0.3, -0.25) is 9.59 Å². The summed E-state index contributed by atoms with van der Waals surface area (Å²) in [6, 6.07) is 3.49. The molecule has 0 spiro atoms. The van der Waals surface area contributed by atoms with Gasteiger partial charge in [-0.15, -0.1) is 0 Å². The average Bonchev–Trinajstić information content (AvgIpc) is 2.89. The lowest BCUT2D eigenvalue weighted by atomic mass is 9.98. The largest absolute Gasteiger partial charge is 0.481 e. The minimum atomic E-state index is -0.831. The van der Waals surface area contributed by atoms with Crippen LogP contribution in [0.1, 0.15) is 18.6 Å². The van der Waals surface area contributed by atoms with Crippen LogP contribution >= 0.6 is 0 Å². The highest BCUT2D eigenvalue weighted by Crippen LogP contribution is 2.17. The Morgan fingerprint density at radius 2 is 2.33 bits per heavy atom. The number of hydrogen-bond acceptors (Lipinski definition) is 3. The number of amides is 1. The monoisotopic (exact) mass is 249 g/mol. The fraction of sp³-hybridized carbons (Fsp3) is 0.385. The molecule has 0 saturated carbocycles. The molecule has 18 heavy (non-hydrogen) atoms. The molecule has 96 valence electrons. The van der Waals surface area contributed by atoms with Gasteiger partial charge >= 0.3 is 5.97 Å². The second-order valence-corrected chi connectivity index (χ2v) is 4.31. The fourth-order valence-electron chi connectivity index (χ4n) is 2.02. The minimum absolute atomic E-state index is 0.169. The van der Waals surface area contributed by atoms with Crippen LogP contribution in [0, 0.1) is 5.92 Å². The molecule has 0 aromatic carbocycles. The lowest BCUT2D eigenvalue weighted by molar-refractivity contribution is -0.144. The Balaban J connectivity index is 1.94. The lowest BCUT2D eigenvalue weighted by Gasteiger charge is -2.29. The number of hydrogen-bond donors (Lipinski definition) is 1. The van der Waals surface area contributed by atoms with Gasteiger partial charge in [0.25, 0.3) is 0 Å². The Kier molecular flexibility index (Phi) is 3.82. The Labute approximate surface area is 105 Å². The van der Waals surface area contributed by atoms with Gasteiger partial charge in [0.05, 0.1) is 12.2 Å². The highest BCUT2D eigenvalue weighted by atomic mass is 16.4. The average molecular weight is 249 g/mol. The third-order valence-electron chi connectivity index (χ3n) is 3.02. The lowest BCUT2D eigenvalue weighted by Crippen LogP contribution is -2.41. The smallest absolute Gasteiger partial charge is 0.308 e. The van der Waals surface area contributed by atoms with Gasteiger partial charge < -0.3 is 14.4 Å². The summed E-state index contributed by atoms with van der Waals surface area (Å²) in [4.78, 5) is 24.3. The maximum atomic E-state index is 11.9. The summed E-state index contributed by atoms with van der Waals surface area (Å²) in [7, 11) is 0. The van der Waals surface area contributed by atoms with E-state index in [9.17, 15) is 9.59 Å². The number of likely N-dealkylation sites (tertiary alicyclic amines) is 1. The van der Waals surface area contributed by atoms with Crippen LogP contribution in [0.5, 0.6) is 0 Å². The maximum Gasteiger partial charge on any atom is 0.308 e. The van der Waals surface area contributed by atoms with Crippen molar-refractivity contribution in [1.29, 1.82) is 0 Å². The highest BCUT2D eigenvalue weighted by molar-refractivity contribution is 5.91. The summed E-state index contributed by atoms with van der Waals surface area (Å²) in [5.74, 6) is -0.838. The second kappa shape index (κ2) is 5.53. The van der Waals surface area contributed by atoms with Gasteiger partial charge in [0.15, 0.2) is 0 Å². The number of nitrogens with zero attached hydrogens (tertiary/aromatic N) is 1. The first kappa shape index (κ1) is 12.4. The molecule has 1 aromatic rings. The van der Waals surface area contributed by atoms with Gasteiger partial charge in [-0.2, -0.15) is 0 Å². The van der Waals surface area contributed by atoms with E-state index < -0.39 is 11.9 Å². The van der Waals surface area contributed by atoms with E-state index in [4.69, 9.17) is 9.52 Å². The molecular weight excluding hydrogens is 234 g/mol. The fourth-order valence-corrected chi connectivity index (χ4v) is 2.02. The molecule has 1 aliphatic rings. The van der Waals surface area contributed by atoms with Crippen LogP contribution < -0.4 is 0 Å². The molecule has 2 heterocycles. The zero-order valence-corrected chi connectivity index (χ0v) is 9.91. The Morgan fingerprint density at radius 3 is 3.00 bits per heavy atom. The topological polar surface area (TPSA) is 70.8 Å². The molecular formula is C13H15NO4. The van der Waals surface area contributed by atoms with Crippen molar-refractivity contribution >= 4 is 18.0 Å². The van der Waals surface area contributed by atoms with E-state index in [1.165, 1.54) is 12.3 Å². The molecule has 0 radical (unpaired) electrons. The molecule has 1 amide bonds. The molecule has 0 bridgehead atoms. The second-order valence-electron chi connectivity index (χ2n) is 4.31. The zero-order chi connectivity index (χ0) is 13.0. The van der Waals surface area contributed by atoms with Crippen LogP contribution in [0.15, 0.2) is 28.9 Å². The predicted octanol–water partition coefficient (Wildman–Crippen LogP) is 1.62. The first-order valence-electron chi connectivity index (χ1n) is 5.90. The van der Waals surface area contributed by atoms with Crippen molar-refractivity contribution < 1.29 is 19.1 Å². The van der Waals surface area contributed by atoms with Gasteiger partial charge in [0.1, 0.15) is 5.76 Å². The number of carboxylic acids is 1. The predicted molar refractivity (Wildman–Crippen MR) is 64.7 cm³/mol. The summed E-state index contributed by atoms with van der Waals surface area (Å²) >= 11 is 0. The molecule has 1 saturated heterocycles. The summed E-state index contributed by atoms with van der Waals surface area (Å²) in [5.41, 5.74) is 0. The third-order valence-corrected chi connectivity index (χ3v) is 3.02. The number of piperidine rings is 1. The van der Waals surface area contributed by atoms with Crippen molar-refractivity contribution in [2.45, 2.75) is 12.8 Å². The standard InChI is InChI=1S/C13H15NO4/c15-12(6-5-11-4-2-8-18-11)14-7-1-3-10(9-14)13(16)17/h2,4-6,8,10H,1,3,7,9H2,(H,16,17)/b6-5-/t10-/m0/s1. The van der Waals surface area contributed by atoms with Crippen molar-refractivity contribution in [3.63, 3.8) is 0 Å². The Bertz CT molecular complexity index is 450. The van der Waals surface area contributed by atoms with E-state index in [1.54, 1.807) is 23.1 Å². The van der Waals surface area contributed by atoms with Gasteiger partial charge in [0, 0.05) is 19.2 Å². The molecule has 2 rings (SSSR count). The number of furan rings is 1. The first-order valence-corrected chi connectivity index (χ1v) is 5.90. The molecule has 1 aromatic heterocycles. The van der Waals surface area contributed by atoms with Gasteiger partial charge in [-0.05, 0) is 31.1 Å². The zero-order valence-electron chi connectivity index (χ0n) is 9.91. The van der Waals surface area contributed by atoms with Gasteiger partial charge in [-0.25, -0.2) is 0 Å². The normalized spacial score (nSPS) is 20.2. The van der Waals surface area contributed by atoms with Crippen LogP contribution in [0.3, 0.4) is 0 Å². The SMILES string of the molecule is O=C(O)[C@H]1CCCN(C(=O)/C=C\c2ccco2)C1. The number of rotatable bonds is 3. The molecule has 1 fully saturated rings. The summed E-state index contributed by atoms with van der Waals surface area (Å²) in [6.45, 7) is 0.905. The molecule has 5 heteroatoms. The van der Waals surface area contributed by atoms with Crippen molar-refractivity contribution in [2.75, 3.05) is 13.1 Å². The van der Waals surface area contributed by atoms with Crippen LogP contribution in [0.25, 0.3) is 6.08 Å². The molecule has 1 aliphatic heterocycles. The van der Waals surface area contributed by atoms with E-state index in [0.29, 0.717) is 18.7 Å². The molecule has 5 nitrogen and oxygen atoms in total. The van der Waals surface area contributed by atoms with Crippen LogP contribution in [0.2, 0.25) is 0 Å². The van der Waals surface area contributed by atoms with Crippen LogP contribution in [-0.4, -0.2) is 35.0 Å². The third kappa shape index (κ3) is 3.00. The molecule has 0 unspecified atom stereocenters. The first-order chi connectivity index (χ1) is 8.66. The van der Waals surface area contributed by atoms with E-state index in [-0.39, 0.29) is 12.5 Å². The van der Waals surface area contributed by atoms with Gasteiger partial charge in [-0.1, -0.05) is 0 Å².